The molecule has 1 N–H and O–H groups in total. The molecule has 1 aromatic carbocycles. The number of rotatable bonds is 3. The second kappa shape index (κ2) is 6.85. The minimum absolute atomic E-state index is 0.0566. The van der Waals surface area contributed by atoms with Gasteiger partial charge < -0.3 is 14.2 Å². The summed E-state index contributed by atoms with van der Waals surface area (Å²) in [6.45, 7) is 0. The molecule has 4 rings (SSSR count). The van der Waals surface area contributed by atoms with E-state index in [4.69, 9.17) is 14.0 Å². The Hall–Kier alpha value is -0.810. The van der Waals surface area contributed by atoms with Crippen molar-refractivity contribution in [2.24, 2.45) is 11.8 Å². The Bertz CT molecular complexity index is 1030. The van der Waals surface area contributed by atoms with Crippen LogP contribution in [0.5, 0.6) is 5.75 Å². The highest BCUT2D eigenvalue weighted by molar-refractivity contribution is 14.1. The first kappa shape index (κ1) is 21.4. The van der Waals surface area contributed by atoms with Crippen LogP contribution in [0.15, 0.2) is 12.1 Å². The molecular formula is C16H12F2I2O8S. The highest BCUT2D eigenvalue weighted by atomic mass is 127. The second-order valence-electron chi connectivity index (χ2n) is 7.10. The molecule has 158 valence electrons. The molecule has 4 unspecified atom stereocenters. The number of hydrogen-bond acceptors (Lipinski definition) is 7. The number of ether oxygens (including phenoxy) is 3. The van der Waals surface area contributed by atoms with Crippen LogP contribution in [0.25, 0.3) is 0 Å². The smallest absolute Gasteiger partial charge is 0.457 e. The lowest BCUT2D eigenvalue weighted by atomic mass is 9.90. The molecule has 1 heterocycles. The minimum atomic E-state index is -5.94. The maximum Gasteiger partial charge on any atom is 0.465 e. The number of fused-ring (bicyclic) bond motifs is 4. The Labute approximate surface area is 190 Å². The van der Waals surface area contributed by atoms with Gasteiger partial charge in [0, 0.05) is 21.8 Å². The Balaban J connectivity index is 1.53. The Morgan fingerprint density at radius 3 is 2.48 bits per heavy atom. The first-order valence-electron chi connectivity index (χ1n) is 8.32. The molecule has 2 bridgehead atoms. The van der Waals surface area contributed by atoms with Crippen LogP contribution in [0.3, 0.4) is 0 Å². The number of carbonyl (C=O) groups is 2. The van der Waals surface area contributed by atoms with Gasteiger partial charge in [0.15, 0.2) is 5.75 Å². The molecule has 0 aromatic heterocycles. The molecule has 1 aromatic rings. The van der Waals surface area contributed by atoms with E-state index in [1.165, 1.54) is 0 Å². The molecule has 2 aliphatic carbocycles. The van der Waals surface area contributed by atoms with Crippen molar-refractivity contribution in [3.8, 4) is 5.75 Å². The van der Waals surface area contributed by atoms with Crippen molar-refractivity contribution in [3.05, 3.63) is 24.8 Å². The average Bonchev–Trinajstić information content (AvgIpc) is 3.14. The SMILES string of the molecule is O=C1OC2(CC3CC2CC3OC(=O)C(F)(F)S(=O)(=O)O)Oc2c(I)ccc(I)c21. The van der Waals surface area contributed by atoms with Crippen molar-refractivity contribution in [2.75, 3.05) is 0 Å². The first-order valence-corrected chi connectivity index (χ1v) is 11.9. The number of esters is 2. The Morgan fingerprint density at radius 2 is 1.90 bits per heavy atom. The maximum absolute atomic E-state index is 13.5. The quantitative estimate of drug-likeness (QED) is 0.300. The standard InChI is InChI=1S/C16H12F2I2O8S/c17-16(18,29(23,24)25)14(22)26-10-4-7-3-6(10)5-15(7)27-12-9(20)2-1-8(19)11(12)13(21)28-15/h1-2,6-7,10H,3-5H2,(H,23,24,25). The van der Waals surface area contributed by atoms with E-state index >= 15 is 0 Å². The fourth-order valence-electron chi connectivity index (χ4n) is 4.12. The minimum Gasteiger partial charge on any atom is -0.457 e. The van der Waals surface area contributed by atoms with Gasteiger partial charge in [-0.25, -0.2) is 9.59 Å². The van der Waals surface area contributed by atoms with E-state index in [1.807, 2.05) is 45.2 Å². The molecule has 2 fully saturated rings. The number of carbonyl (C=O) groups excluding carboxylic acids is 2. The van der Waals surface area contributed by atoms with Crippen molar-refractivity contribution in [1.29, 1.82) is 0 Å². The Morgan fingerprint density at radius 1 is 1.24 bits per heavy atom. The van der Waals surface area contributed by atoms with Crippen molar-refractivity contribution in [3.63, 3.8) is 0 Å². The molecule has 8 nitrogen and oxygen atoms in total. The topological polar surface area (TPSA) is 116 Å². The lowest BCUT2D eigenvalue weighted by Crippen LogP contribution is -2.52. The van der Waals surface area contributed by atoms with Crippen molar-refractivity contribution >= 4 is 67.2 Å². The van der Waals surface area contributed by atoms with E-state index in [2.05, 4.69) is 4.74 Å². The molecule has 2 saturated carbocycles. The normalized spacial score (nSPS) is 30.7. The van der Waals surface area contributed by atoms with Gasteiger partial charge in [0.1, 0.15) is 11.7 Å². The monoisotopic (exact) mass is 656 g/mol. The van der Waals surface area contributed by atoms with E-state index in [9.17, 15) is 26.8 Å². The molecular weight excluding hydrogens is 644 g/mol. The zero-order chi connectivity index (χ0) is 21.4. The van der Waals surface area contributed by atoms with E-state index in [1.54, 1.807) is 12.1 Å². The van der Waals surface area contributed by atoms with Crippen molar-refractivity contribution in [2.45, 2.75) is 36.4 Å². The van der Waals surface area contributed by atoms with E-state index in [-0.39, 0.29) is 12.8 Å². The third kappa shape index (κ3) is 3.31. The van der Waals surface area contributed by atoms with E-state index in [0.717, 1.165) is 0 Å². The summed E-state index contributed by atoms with van der Waals surface area (Å²) in [7, 11) is -5.94. The molecule has 29 heavy (non-hydrogen) atoms. The average molecular weight is 656 g/mol. The number of hydrogen-bond donors (Lipinski definition) is 1. The fraction of sp³-hybridized carbons (Fsp3) is 0.500. The molecule has 0 amide bonds. The molecule has 0 radical (unpaired) electrons. The fourth-order valence-corrected chi connectivity index (χ4v) is 5.59. The van der Waals surface area contributed by atoms with Crippen LogP contribution < -0.4 is 4.74 Å². The van der Waals surface area contributed by atoms with Crippen LogP contribution in [-0.4, -0.2) is 42.1 Å². The van der Waals surface area contributed by atoms with Gasteiger partial charge in [-0.1, -0.05) is 0 Å². The molecule has 13 heteroatoms. The summed E-state index contributed by atoms with van der Waals surface area (Å²) in [5, 5.41) is -5.05. The molecule has 1 spiro atoms. The van der Waals surface area contributed by atoms with Gasteiger partial charge in [-0.05, 0) is 70.2 Å². The molecule has 3 aliphatic rings. The van der Waals surface area contributed by atoms with Crippen LogP contribution in [0.4, 0.5) is 8.78 Å². The summed E-state index contributed by atoms with van der Waals surface area (Å²) in [6.07, 6.45) is -0.441. The van der Waals surface area contributed by atoms with Crippen LogP contribution in [0.2, 0.25) is 0 Å². The van der Waals surface area contributed by atoms with Gasteiger partial charge in [-0.3, -0.25) is 4.55 Å². The highest BCUT2D eigenvalue weighted by Crippen LogP contribution is 2.57. The van der Waals surface area contributed by atoms with E-state index in [0.29, 0.717) is 24.9 Å². The summed E-state index contributed by atoms with van der Waals surface area (Å²) >= 11 is 4.03. The maximum atomic E-state index is 13.5. The predicted molar refractivity (Wildman–Crippen MR) is 108 cm³/mol. The van der Waals surface area contributed by atoms with Crippen LogP contribution in [-0.2, 0) is 24.4 Å². The third-order valence-electron chi connectivity index (χ3n) is 5.42. The number of halogens is 4. The third-order valence-corrected chi connectivity index (χ3v) is 7.98. The van der Waals surface area contributed by atoms with E-state index < -0.39 is 51.0 Å². The lowest BCUT2D eigenvalue weighted by molar-refractivity contribution is -0.203. The summed E-state index contributed by atoms with van der Waals surface area (Å²) in [6, 6.07) is 3.55. The van der Waals surface area contributed by atoms with Gasteiger partial charge in [0.05, 0.1) is 3.57 Å². The predicted octanol–water partition coefficient (Wildman–Crippen LogP) is 2.96. The summed E-state index contributed by atoms with van der Waals surface area (Å²) in [5.74, 6) is -4.65. The number of alkyl halides is 2. The largest absolute Gasteiger partial charge is 0.465 e. The van der Waals surface area contributed by atoms with Crippen LogP contribution in [0.1, 0.15) is 29.6 Å². The zero-order valence-electron chi connectivity index (χ0n) is 14.2. The zero-order valence-corrected chi connectivity index (χ0v) is 19.4. The van der Waals surface area contributed by atoms with Crippen molar-refractivity contribution < 1.29 is 45.6 Å². The van der Waals surface area contributed by atoms with Gasteiger partial charge in [0.25, 0.3) is 5.79 Å². The van der Waals surface area contributed by atoms with Gasteiger partial charge in [-0.2, -0.15) is 17.2 Å². The highest BCUT2D eigenvalue weighted by Gasteiger charge is 2.64. The van der Waals surface area contributed by atoms with Crippen LogP contribution >= 0.6 is 45.2 Å². The first-order chi connectivity index (χ1) is 13.4. The lowest BCUT2D eigenvalue weighted by Gasteiger charge is -2.42. The molecule has 4 atom stereocenters. The number of benzene rings is 1. The Kier molecular flexibility index (Phi) is 5.06. The van der Waals surface area contributed by atoms with Crippen molar-refractivity contribution in [1.82, 2.24) is 0 Å². The molecule has 0 saturated heterocycles. The van der Waals surface area contributed by atoms with Crippen LogP contribution in [0, 0.1) is 19.0 Å². The second-order valence-corrected chi connectivity index (χ2v) is 10.9. The van der Waals surface area contributed by atoms with Gasteiger partial charge in [-0.15, -0.1) is 0 Å². The summed E-state index contributed by atoms with van der Waals surface area (Å²) < 4.78 is 74.6. The van der Waals surface area contributed by atoms with Gasteiger partial charge in [0.2, 0.25) is 0 Å². The summed E-state index contributed by atoms with van der Waals surface area (Å²) in [5.41, 5.74) is 0.321. The summed E-state index contributed by atoms with van der Waals surface area (Å²) in [4.78, 5) is 24.2. The molecule has 1 aliphatic heterocycles. The van der Waals surface area contributed by atoms with Gasteiger partial charge >= 0.3 is 27.3 Å².